The maximum absolute atomic E-state index is 13.9. The molecule has 0 saturated heterocycles. The number of amides is 2. The highest BCUT2D eigenvalue weighted by Gasteiger charge is 2.18. The van der Waals surface area contributed by atoms with Crippen LogP contribution in [-0.2, 0) is 0 Å². The van der Waals surface area contributed by atoms with E-state index in [9.17, 15) is 9.18 Å². The second-order valence-corrected chi connectivity index (χ2v) is 7.41. The largest absolute Gasteiger partial charge is 0.488 e. The highest BCUT2D eigenvalue weighted by Crippen LogP contribution is 2.24. The number of carbonyl (C=O) groups is 1. The lowest BCUT2D eigenvalue weighted by atomic mass is 10.1. The molecule has 0 aliphatic heterocycles. The van der Waals surface area contributed by atoms with E-state index >= 15 is 0 Å². The zero-order valence-electron chi connectivity index (χ0n) is 16.2. The maximum Gasteiger partial charge on any atom is 0.321 e. The normalized spacial score (nSPS) is 11.5. The third kappa shape index (κ3) is 5.40. The standard InChI is InChI=1S/C22H18FN5O2S/c23-16-10-4-5-12-19(16)30-14-18(15-8-2-1-3-9-15)25-21(29)26-22-28-27-20(31-22)17-11-6-7-13-24-17/h1-13,18H,14H2,(H2,25,26,28,29). The van der Waals surface area contributed by atoms with Gasteiger partial charge in [0.15, 0.2) is 16.6 Å². The molecule has 2 aromatic heterocycles. The number of aromatic nitrogens is 3. The molecular weight excluding hydrogens is 417 g/mol. The predicted molar refractivity (Wildman–Crippen MR) is 116 cm³/mol. The van der Waals surface area contributed by atoms with Crippen molar-refractivity contribution in [1.29, 1.82) is 0 Å². The first-order valence-corrected chi connectivity index (χ1v) is 10.3. The van der Waals surface area contributed by atoms with Crippen molar-refractivity contribution in [1.82, 2.24) is 20.5 Å². The predicted octanol–water partition coefficient (Wildman–Crippen LogP) is 4.68. The minimum Gasteiger partial charge on any atom is -0.488 e. The van der Waals surface area contributed by atoms with E-state index in [2.05, 4.69) is 25.8 Å². The molecule has 0 fully saturated rings. The Morgan fingerprint density at radius 1 is 1.00 bits per heavy atom. The van der Waals surface area contributed by atoms with Crippen molar-refractivity contribution in [2.45, 2.75) is 6.04 Å². The molecule has 4 aromatic rings. The smallest absolute Gasteiger partial charge is 0.321 e. The Balaban J connectivity index is 1.43. The van der Waals surface area contributed by atoms with Gasteiger partial charge < -0.3 is 10.1 Å². The van der Waals surface area contributed by atoms with Crippen LogP contribution >= 0.6 is 11.3 Å². The number of hydrogen-bond donors (Lipinski definition) is 2. The summed E-state index contributed by atoms with van der Waals surface area (Å²) < 4.78 is 19.5. The molecule has 2 amide bonds. The number of nitrogens with one attached hydrogen (secondary N) is 2. The van der Waals surface area contributed by atoms with Gasteiger partial charge in [0.2, 0.25) is 5.13 Å². The molecule has 4 rings (SSSR count). The molecule has 2 heterocycles. The van der Waals surface area contributed by atoms with E-state index < -0.39 is 17.9 Å². The van der Waals surface area contributed by atoms with Gasteiger partial charge in [-0.2, -0.15) is 0 Å². The number of nitrogens with zero attached hydrogens (tertiary/aromatic N) is 3. The van der Waals surface area contributed by atoms with Gasteiger partial charge >= 0.3 is 6.03 Å². The van der Waals surface area contributed by atoms with Gasteiger partial charge in [-0.3, -0.25) is 10.3 Å². The fourth-order valence-corrected chi connectivity index (χ4v) is 3.51. The highest BCUT2D eigenvalue weighted by atomic mass is 32.1. The maximum atomic E-state index is 13.9. The van der Waals surface area contributed by atoms with Gasteiger partial charge in [0.1, 0.15) is 12.3 Å². The Bertz CT molecular complexity index is 1140. The van der Waals surface area contributed by atoms with Crippen molar-refractivity contribution < 1.29 is 13.9 Å². The number of carbonyl (C=O) groups excluding carboxylic acids is 1. The first kappa shape index (κ1) is 20.4. The van der Waals surface area contributed by atoms with Crippen LogP contribution in [0.5, 0.6) is 5.75 Å². The van der Waals surface area contributed by atoms with Crippen LogP contribution in [-0.4, -0.2) is 27.8 Å². The molecule has 0 aliphatic rings. The first-order chi connectivity index (χ1) is 15.2. The van der Waals surface area contributed by atoms with Crippen LogP contribution in [0, 0.1) is 5.82 Å². The zero-order valence-corrected chi connectivity index (χ0v) is 17.1. The second kappa shape index (κ2) is 9.77. The van der Waals surface area contributed by atoms with E-state index in [0.717, 1.165) is 5.56 Å². The molecule has 31 heavy (non-hydrogen) atoms. The summed E-state index contributed by atoms with van der Waals surface area (Å²) in [6.45, 7) is 0.0493. The lowest BCUT2D eigenvalue weighted by Gasteiger charge is -2.20. The Hall–Kier alpha value is -3.85. The van der Waals surface area contributed by atoms with E-state index in [1.165, 1.54) is 23.5 Å². The number of rotatable bonds is 7. The fraction of sp³-hybridized carbons (Fsp3) is 0.0909. The van der Waals surface area contributed by atoms with Gasteiger partial charge in [-0.05, 0) is 29.8 Å². The molecule has 156 valence electrons. The number of ether oxygens (including phenoxy) is 1. The summed E-state index contributed by atoms with van der Waals surface area (Å²) in [5.74, 6) is -0.343. The Labute approximate surface area is 182 Å². The van der Waals surface area contributed by atoms with Crippen molar-refractivity contribution in [3.63, 3.8) is 0 Å². The number of benzene rings is 2. The summed E-state index contributed by atoms with van der Waals surface area (Å²) >= 11 is 1.21. The van der Waals surface area contributed by atoms with Crippen LogP contribution in [0.3, 0.4) is 0 Å². The zero-order chi connectivity index (χ0) is 21.5. The summed E-state index contributed by atoms with van der Waals surface area (Å²) in [6, 6.07) is 19.9. The minimum atomic E-state index is -0.510. The van der Waals surface area contributed by atoms with Crippen molar-refractivity contribution in [2.75, 3.05) is 11.9 Å². The summed E-state index contributed by atoms with van der Waals surface area (Å²) in [5.41, 5.74) is 1.49. The third-order valence-corrected chi connectivity index (χ3v) is 5.14. The van der Waals surface area contributed by atoms with Crippen LogP contribution in [0.1, 0.15) is 11.6 Å². The fourth-order valence-electron chi connectivity index (χ4n) is 2.80. The average molecular weight is 435 g/mol. The topological polar surface area (TPSA) is 89.0 Å². The van der Waals surface area contributed by atoms with Crippen LogP contribution < -0.4 is 15.4 Å². The molecule has 1 unspecified atom stereocenters. The van der Waals surface area contributed by atoms with Gasteiger partial charge in [-0.15, -0.1) is 10.2 Å². The molecule has 0 saturated carbocycles. The average Bonchev–Trinajstić information content (AvgIpc) is 3.27. The monoisotopic (exact) mass is 435 g/mol. The van der Waals surface area contributed by atoms with Crippen molar-refractivity contribution >= 4 is 22.5 Å². The lowest BCUT2D eigenvalue weighted by molar-refractivity contribution is 0.231. The van der Waals surface area contributed by atoms with Crippen LogP contribution in [0.25, 0.3) is 10.7 Å². The quantitative estimate of drug-likeness (QED) is 0.440. The van der Waals surface area contributed by atoms with Gasteiger partial charge in [0, 0.05) is 6.20 Å². The molecule has 0 bridgehead atoms. The van der Waals surface area contributed by atoms with Crippen molar-refractivity contribution in [3.05, 3.63) is 90.4 Å². The molecule has 9 heteroatoms. The summed E-state index contributed by atoms with van der Waals surface area (Å²) in [4.78, 5) is 16.8. The molecule has 1 atom stereocenters. The summed E-state index contributed by atoms with van der Waals surface area (Å²) in [5, 5.41) is 14.5. The summed E-state index contributed by atoms with van der Waals surface area (Å²) in [7, 11) is 0. The molecular formula is C22H18FN5O2S. The van der Waals surface area contributed by atoms with E-state index in [1.54, 1.807) is 18.3 Å². The third-order valence-electron chi connectivity index (χ3n) is 4.28. The SMILES string of the molecule is O=C(Nc1nnc(-c2ccccn2)s1)NC(COc1ccccc1F)c1ccccc1. The number of para-hydroxylation sites is 1. The number of pyridine rings is 1. The van der Waals surface area contributed by atoms with Crippen LogP contribution in [0.15, 0.2) is 79.0 Å². The van der Waals surface area contributed by atoms with Gasteiger partial charge in [0.25, 0.3) is 0 Å². The highest BCUT2D eigenvalue weighted by molar-refractivity contribution is 7.18. The van der Waals surface area contributed by atoms with E-state index in [1.807, 2.05) is 48.5 Å². The molecule has 0 aliphatic carbocycles. The van der Waals surface area contributed by atoms with E-state index in [4.69, 9.17) is 4.74 Å². The van der Waals surface area contributed by atoms with Gasteiger partial charge in [0.05, 0.1) is 6.04 Å². The molecule has 0 spiro atoms. The van der Waals surface area contributed by atoms with Gasteiger partial charge in [-0.1, -0.05) is 59.9 Å². The Kier molecular flexibility index (Phi) is 6.44. The molecule has 2 aromatic carbocycles. The Morgan fingerprint density at radius 2 is 1.77 bits per heavy atom. The van der Waals surface area contributed by atoms with Gasteiger partial charge in [-0.25, -0.2) is 9.18 Å². The number of anilines is 1. The Morgan fingerprint density at radius 3 is 2.55 bits per heavy atom. The first-order valence-electron chi connectivity index (χ1n) is 9.44. The van der Waals surface area contributed by atoms with E-state index in [-0.39, 0.29) is 12.4 Å². The van der Waals surface area contributed by atoms with Crippen LogP contribution in [0.4, 0.5) is 14.3 Å². The van der Waals surface area contributed by atoms with Crippen LogP contribution in [0.2, 0.25) is 0 Å². The van der Waals surface area contributed by atoms with Crippen molar-refractivity contribution in [3.8, 4) is 16.5 Å². The minimum absolute atomic E-state index is 0.0493. The summed E-state index contributed by atoms with van der Waals surface area (Å²) in [6.07, 6.45) is 1.66. The number of hydrogen-bond acceptors (Lipinski definition) is 6. The lowest BCUT2D eigenvalue weighted by Crippen LogP contribution is -2.35. The molecule has 2 N–H and O–H groups in total. The number of halogens is 1. The molecule has 7 nitrogen and oxygen atoms in total. The number of urea groups is 1. The second-order valence-electron chi connectivity index (χ2n) is 6.43. The van der Waals surface area contributed by atoms with E-state index in [0.29, 0.717) is 15.8 Å². The van der Waals surface area contributed by atoms with Crippen molar-refractivity contribution in [2.24, 2.45) is 0 Å². The molecule has 0 radical (unpaired) electrons.